The van der Waals surface area contributed by atoms with Crippen LogP contribution in [-0.4, -0.2) is 22.4 Å². The van der Waals surface area contributed by atoms with E-state index >= 15 is 0 Å². The zero-order valence-electron chi connectivity index (χ0n) is 12.0. The first-order valence-electron chi connectivity index (χ1n) is 7.19. The maximum atomic E-state index is 13.0. The second-order valence-electron chi connectivity index (χ2n) is 5.52. The third-order valence-corrected chi connectivity index (χ3v) is 3.90. The number of aryl methyl sites for hydroxylation is 1. The Morgan fingerprint density at radius 2 is 1.95 bits per heavy atom. The second kappa shape index (κ2) is 5.37. The molecule has 1 aromatic heterocycles. The van der Waals surface area contributed by atoms with E-state index in [-0.39, 0.29) is 5.82 Å². The quantitative estimate of drug-likeness (QED) is 0.907. The molecule has 1 aromatic carbocycles. The number of halogens is 1. The molecule has 20 heavy (non-hydrogen) atoms. The van der Waals surface area contributed by atoms with E-state index in [2.05, 4.69) is 17.3 Å². The van der Waals surface area contributed by atoms with Gasteiger partial charge >= 0.3 is 0 Å². The summed E-state index contributed by atoms with van der Waals surface area (Å²) >= 11 is 0. The first-order valence-corrected chi connectivity index (χ1v) is 7.19. The van der Waals surface area contributed by atoms with Crippen LogP contribution in [0, 0.1) is 19.7 Å². The van der Waals surface area contributed by atoms with Crippen LogP contribution in [-0.2, 0) is 6.42 Å². The van der Waals surface area contributed by atoms with Gasteiger partial charge in [0.05, 0.1) is 11.4 Å². The van der Waals surface area contributed by atoms with Crippen LogP contribution in [0.4, 0.5) is 4.39 Å². The van der Waals surface area contributed by atoms with Crippen molar-refractivity contribution in [3.63, 3.8) is 0 Å². The number of hydrogen-bond donors (Lipinski definition) is 1. The van der Waals surface area contributed by atoms with E-state index in [0.717, 1.165) is 36.1 Å². The minimum atomic E-state index is -0.218. The predicted molar refractivity (Wildman–Crippen MR) is 77.7 cm³/mol. The summed E-state index contributed by atoms with van der Waals surface area (Å²) < 4.78 is 14.9. The van der Waals surface area contributed by atoms with E-state index in [0.29, 0.717) is 0 Å². The van der Waals surface area contributed by atoms with Crippen molar-refractivity contribution in [2.75, 3.05) is 6.54 Å². The van der Waals surface area contributed by atoms with Gasteiger partial charge < -0.3 is 5.32 Å². The van der Waals surface area contributed by atoms with Gasteiger partial charge in [-0.25, -0.2) is 9.07 Å². The lowest BCUT2D eigenvalue weighted by molar-refractivity contribution is 0.627. The van der Waals surface area contributed by atoms with Gasteiger partial charge in [0, 0.05) is 11.7 Å². The standard InChI is InChI=1S/C16H20FN3/c1-11-16(9-10-18-14-5-6-14)12(2)20(19-11)15-7-3-13(17)4-8-15/h3-4,7-8,14,18H,5-6,9-10H2,1-2H3. The average molecular weight is 273 g/mol. The molecule has 0 saturated heterocycles. The van der Waals surface area contributed by atoms with E-state index in [4.69, 9.17) is 0 Å². The van der Waals surface area contributed by atoms with E-state index in [1.165, 1.54) is 30.5 Å². The molecule has 1 aliphatic carbocycles. The summed E-state index contributed by atoms with van der Waals surface area (Å²) in [5.74, 6) is -0.218. The van der Waals surface area contributed by atoms with Crippen LogP contribution >= 0.6 is 0 Å². The predicted octanol–water partition coefficient (Wildman–Crippen LogP) is 2.92. The van der Waals surface area contributed by atoms with Crippen molar-refractivity contribution >= 4 is 0 Å². The fourth-order valence-electron chi connectivity index (χ4n) is 2.56. The monoisotopic (exact) mass is 273 g/mol. The molecule has 0 unspecified atom stereocenters. The zero-order valence-corrected chi connectivity index (χ0v) is 12.0. The Balaban J connectivity index is 1.79. The van der Waals surface area contributed by atoms with Gasteiger partial charge in [0.1, 0.15) is 5.82 Å². The van der Waals surface area contributed by atoms with Crippen molar-refractivity contribution < 1.29 is 4.39 Å². The van der Waals surface area contributed by atoms with Gasteiger partial charge in [-0.05, 0) is 69.5 Å². The highest BCUT2D eigenvalue weighted by Gasteiger charge is 2.20. The minimum absolute atomic E-state index is 0.218. The highest BCUT2D eigenvalue weighted by Crippen LogP contribution is 2.20. The number of hydrogen-bond acceptors (Lipinski definition) is 2. The summed E-state index contributed by atoms with van der Waals surface area (Å²) in [7, 11) is 0. The van der Waals surface area contributed by atoms with E-state index < -0.39 is 0 Å². The fourth-order valence-corrected chi connectivity index (χ4v) is 2.56. The first-order chi connectivity index (χ1) is 9.65. The Morgan fingerprint density at radius 3 is 2.60 bits per heavy atom. The van der Waals surface area contributed by atoms with Crippen LogP contribution in [0.25, 0.3) is 5.69 Å². The Bertz CT molecular complexity index is 597. The highest BCUT2D eigenvalue weighted by atomic mass is 19.1. The Labute approximate surface area is 118 Å². The lowest BCUT2D eigenvalue weighted by atomic mass is 10.1. The van der Waals surface area contributed by atoms with Gasteiger partial charge in [-0.1, -0.05) is 0 Å². The van der Waals surface area contributed by atoms with Crippen LogP contribution in [0.3, 0.4) is 0 Å². The Kier molecular flexibility index (Phi) is 3.57. The van der Waals surface area contributed by atoms with E-state index in [1.807, 2.05) is 11.6 Å². The van der Waals surface area contributed by atoms with Crippen LogP contribution in [0.5, 0.6) is 0 Å². The number of nitrogens with zero attached hydrogens (tertiary/aromatic N) is 2. The number of rotatable bonds is 5. The molecule has 106 valence electrons. The van der Waals surface area contributed by atoms with Crippen molar-refractivity contribution in [1.29, 1.82) is 0 Å². The smallest absolute Gasteiger partial charge is 0.123 e. The molecular weight excluding hydrogens is 253 g/mol. The highest BCUT2D eigenvalue weighted by molar-refractivity contribution is 5.37. The summed E-state index contributed by atoms with van der Waals surface area (Å²) in [4.78, 5) is 0. The molecule has 2 aromatic rings. The second-order valence-corrected chi connectivity index (χ2v) is 5.52. The van der Waals surface area contributed by atoms with Crippen molar-refractivity contribution in [3.05, 3.63) is 47.0 Å². The minimum Gasteiger partial charge on any atom is -0.314 e. The Morgan fingerprint density at radius 1 is 1.25 bits per heavy atom. The lowest BCUT2D eigenvalue weighted by Gasteiger charge is -2.06. The van der Waals surface area contributed by atoms with Crippen molar-refractivity contribution in [3.8, 4) is 5.69 Å². The molecule has 0 spiro atoms. The summed E-state index contributed by atoms with van der Waals surface area (Å²) in [6.45, 7) is 5.12. The summed E-state index contributed by atoms with van der Waals surface area (Å²) in [5, 5.41) is 8.12. The van der Waals surface area contributed by atoms with Gasteiger partial charge in [0.2, 0.25) is 0 Å². The van der Waals surface area contributed by atoms with Gasteiger partial charge in [-0.15, -0.1) is 0 Å². The average Bonchev–Trinajstić information content (AvgIpc) is 3.21. The van der Waals surface area contributed by atoms with E-state index in [9.17, 15) is 4.39 Å². The summed E-state index contributed by atoms with van der Waals surface area (Å²) in [6.07, 6.45) is 3.62. The van der Waals surface area contributed by atoms with Gasteiger partial charge in [-0.3, -0.25) is 0 Å². The number of aromatic nitrogens is 2. The van der Waals surface area contributed by atoms with Crippen molar-refractivity contribution in [2.24, 2.45) is 0 Å². The number of nitrogens with one attached hydrogen (secondary N) is 1. The van der Waals surface area contributed by atoms with E-state index in [1.54, 1.807) is 12.1 Å². The van der Waals surface area contributed by atoms with Crippen LogP contribution in [0.2, 0.25) is 0 Å². The maximum Gasteiger partial charge on any atom is 0.123 e. The molecule has 1 fully saturated rings. The topological polar surface area (TPSA) is 29.9 Å². The third-order valence-electron chi connectivity index (χ3n) is 3.90. The molecule has 0 bridgehead atoms. The van der Waals surface area contributed by atoms with Crippen molar-refractivity contribution in [2.45, 2.75) is 39.2 Å². The molecule has 3 nitrogen and oxygen atoms in total. The van der Waals surface area contributed by atoms with Gasteiger partial charge in [0.15, 0.2) is 0 Å². The fraction of sp³-hybridized carbons (Fsp3) is 0.438. The zero-order chi connectivity index (χ0) is 14.1. The number of benzene rings is 1. The van der Waals surface area contributed by atoms with Crippen LogP contribution < -0.4 is 5.32 Å². The SMILES string of the molecule is Cc1nn(-c2ccc(F)cc2)c(C)c1CCNC1CC1. The van der Waals surface area contributed by atoms with Crippen molar-refractivity contribution in [1.82, 2.24) is 15.1 Å². The normalized spacial score (nSPS) is 14.8. The third kappa shape index (κ3) is 2.75. The van der Waals surface area contributed by atoms with Gasteiger partial charge in [-0.2, -0.15) is 5.10 Å². The maximum absolute atomic E-state index is 13.0. The van der Waals surface area contributed by atoms with Crippen LogP contribution in [0.15, 0.2) is 24.3 Å². The summed E-state index contributed by atoms with van der Waals surface area (Å²) in [6, 6.07) is 7.21. The molecule has 1 aliphatic rings. The molecule has 0 aliphatic heterocycles. The molecule has 4 heteroatoms. The molecule has 1 heterocycles. The molecule has 1 N–H and O–H groups in total. The lowest BCUT2D eigenvalue weighted by Crippen LogP contribution is -2.19. The molecule has 1 saturated carbocycles. The van der Waals surface area contributed by atoms with Crippen LogP contribution in [0.1, 0.15) is 29.8 Å². The molecule has 0 radical (unpaired) electrons. The molecular formula is C16H20FN3. The molecule has 3 rings (SSSR count). The molecule has 0 amide bonds. The summed E-state index contributed by atoms with van der Waals surface area (Å²) in [5.41, 5.74) is 4.41. The Hall–Kier alpha value is -1.68. The first kappa shape index (κ1) is 13.3. The van der Waals surface area contributed by atoms with Gasteiger partial charge in [0.25, 0.3) is 0 Å². The molecule has 0 atom stereocenters. The largest absolute Gasteiger partial charge is 0.314 e.